The van der Waals surface area contributed by atoms with Crippen molar-refractivity contribution in [1.29, 1.82) is 0 Å². The average molecular weight is 384 g/mol. The molecule has 7 nitrogen and oxygen atoms in total. The molecule has 0 bridgehead atoms. The van der Waals surface area contributed by atoms with Gasteiger partial charge in [0.1, 0.15) is 11.5 Å². The predicted molar refractivity (Wildman–Crippen MR) is 111 cm³/mol. The molecule has 0 radical (unpaired) electrons. The quantitative estimate of drug-likeness (QED) is 0.301. The van der Waals surface area contributed by atoms with Gasteiger partial charge in [0, 0.05) is 26.2 Å². The molecule has 0 aliphatic heterocycles. The van der Waals surface area contributed by atoms with Crippen molar-refractivity contribution in [2.45, 2.75) is 13.3 Å². The molecular formula is C21H28N4O3. The number of nitrogens with zero attached hydrogens (tertiary/aromatic N) is 1. The van der Waals surface area contributed by atoms with Crippen molar-refractivity contribution in [2.24, 2.45) is 4.99 Å². The molecule has 0 aliphatic carbocycles. The van der Waals surface area contributed by atoms with Gasteiger partial charge in [-0.3, -0.25) is 9.79 Å². The van der Waals surface area contributed by atoms with Gasteiger partial charge in [0.05, 0.1) is 12.7 Å². The number of aliphatic imine (C=N–C) groups is 1. The van der Waals surface area contributed by atoms with E-state index in [0.717, 1.165) is 18.7 Å². The van der Waals surface area contributed by atoms with E-state index in [-0.39, 0.29) is 17.2 Å². The number of rotatable bonds is 9. The van der Waals surface area contributed by atoms with Crippen LogP contribution in [0.15, 0.2) is 53.5 Å². The van der Waals surface area contributed by atoms with Crippen molar-refractivity contribution in [3.8, 4) is 11.5 Å². The molecule has 0 atom stereocenters. The third-order valence-corrected chi connectivity index (χ3v) is 4.03. The number of phenolic OH excluding ortho intramolecular Hbond substituents is 1. The lowest BCUT2D eigenvalue weighted by molar-refractivity contribution is 0.0951. The van der Waals surface area contributed by atoms with E-state index >= 15 is 0 Å². The van der Waals surface area contributed by atoms with E-state index in [4.69, 9.17) is 4.74 Å². The molecule has 7 heteroatoms. The van der Waals surface area contributed by atoms with Gasteiger partial charge in [-0.15, -0.1) is 0 Å². The van der Waals surface area contributed by atoms with E-state index in [1.165, 1.54) is 11.6 Å². The number of guanidine groups is 1. The lowest BCUT2D eigenvalue weighted by atomic mass is 10.1. The van der Waals surface area contributed by atoms with Gasteiger partial charge in [-0.2, -0.15) is 0 Å². The smallest absolute Gasteiger partial charge is 0.255 e. The van der Waals surface area contributed by atoms with Crippen LogP contribution in [0.2, 0.25) is 0 Å². The van der Waals surface area contributed by atoms with Crippen LogP contribution < -0.4 is 20.7 Å². The molecule has 1 amide bonds. The fraction of sp³-hybridized carbons (Fsp3) is 0.333. The van der Waals surface area contributed by atoms with Crippen molar-refractivity contribution >= 4 is 11.9 Å². The van der Waals surface area contributed by atoms with Gasteiger partial charge in [-0.05, 0) is 43.2 Å². The summed E-state index contributed by atoms with van der Waals surface area (Å²) in [7, 11) is 1.65. The molecule has 0 spiro atoms. The fourth-order valence-corrected chi connectivity index (χ4v) is 2.55. The second kappa shape index (κ2) is 11.5. The summed E-state index contributed by atoms with van der Waals surface area (Å²) in [6.07, 6.45) is 0.824. The summed E-state index contributed by atoms with van der Waals surface area (Å²) >= 11 is 0. The van der Waals surface area contributed by atoms with E-state index in [2.05, 4.69) is 20.9 Å². The average Bonchev–Trinajstić information content (AvgIpc) is 2.71. The first-order valence-electron chi connectivity index (χ1n) is 9.35. The summed E-state index contributed by atoms with van der Waals surface area (Å²) in [5.41, 5.74) is 1.46. The molecule has 2 rings (SSSR count). The van der Waals surface area contributed by atoms with Gasteiger partial charge in [-0.1, -0.05) is 24.3 Å². The SMILES string of the molecule is CCNC(=NCCc1ccc(OC)cc1)NCCNC(=O)c1ccccc1O. The number of amides is 1. The summed E-state index contributed by atoms with van der Waals surface area (Å²) in [4.78, 5) is 16.6. The molecule has 0 aliphatic rings. The number of aromatic hydroxyl groups is 1. The first-order valence-corrected chi connectivity index (χ1v) is 9.35. The molecule has 2 aromatic rings. The van der Waals surface area contributed by atoms with Crippen LogP contribution in [0, 0.1) is 0 Å². The van der Waals surface area contributed by atoms with E-state index in [0.29, 0.717) is 25.6 Å². The third kappa shape index (κ3) is 6.83. The zero-order chi connectivity index (χ0) is 20.2. The Morgan fingerprint density at radius 3 is 2.43 bits per heavy atom. The lowest BCUT2D eigenvalue weighted by Gasteiger charge is -2.12. The number of benzene rings is 2. The summed E-state index contributed by atoms with van der Waals surface area (Å²) in [6.45, 7) is 4.33. The Morgan fingerprint density at radius 2 is 1.75 bits per heavy atom. The Bertz CT molecular complexity index is 775. The van der Waals surface area contributed by atoms with Crippen LogP contribution in [0.5, 0.6) is 11.5 Å². The summed E-state index contributed by atoms with van der Waals surface area (Å²) in [6, 6.07) is 14.4. The zero-order valence-corrected chi connectivity index (χ0v) is 16.4. The summed E-state index contributed by atoms with van der Waals surface area (Å²) < 4.78 is 5.16. The zero-order valence-electron chi connectivity index (χ0n) is 16.4. The molecule has 4 N–H and O–H groups in total. The maximum absolute atomic E-state index is 12.1. The maximum atomic E-state index is 12.1. The molecule has 150 valence electrons. The number of para-hydroxylation sites is 1. The van der Waals surface area contributed by atoms with Crippen molar-refractivity contribution in [3.05, 3.63) is 59.7 Å². The van der Waals surface area contributed by atoms with Crippen LogP contribution in [0.1, 0.15) is 22.8 Å². The van der Waals surface area contributed by atoms with Crippen LogP contribution in [-0.2, 0) is 6.42 Å². The molecule has 0 heterocycles. The second-order valence-corrected chi connectivity index (χ2v) is 6.06. The van der Waals surface area contributed by atoms with Gasteiger partial charge in [-0.25, -0.2) is 0 Å². The number of carbonyl (C=O) groups excluding carboxylic acids is 1. The van der Waals surface area contributed by atoms with Gasteiger partial charge in [0.15, 0.2) is 5.96 Å². The van der Waals surface area contributed by atoms with E-state index in [9.17, 15) is 9.90 Å². The number of hydrogen-bond acceptors (Lipinski definition) is 4. The number of carbonyl (C=O) groups is 1. The standard InChI is InChI=1S/C21H28N4O3/c1-3-22-21(24-13-12-16-8-10-17(28-2)11-9-16)25-15-14-23-20(27)18-6-4-5-7-19(18)26/h4-11,26H,3,12-15H2,1-2H3,(H,23,27)(H2,22,24,25). The Kier molecular flexibility index (Phi) is 8.65. The van der Waals surface area contributed by atoms with Gasteiger partial charge >= 0.3 is 0 Å². The van der Waals surface area contributed by atoms with Crippen LogP contribution in [0.4, 0.5) is 0 Å². The Labute approximate surface area is 165 Å². The van der Waals surface area contributed by atoms with Crippen molar-refractivity contribution < 1.29 is 14.6 Å². The number of phenols is 1. The van der Waals surface area contributed by atoms with Crippen LogP contribution >= 0.6 is 0 Å². The molecule has 28 heavy (non-hydrogen) atoms. The van der Waals surface area contributed by atoms with E-state index in [1.54, 1.807) is 25.3 Å². The topological polar surface area (TPSA) is 95.0 Å². The highest BCUT2D eigenvalue weighted by Crippen LogP contribution is 2.14. The summed E-state index contributed by atoms with van der Waals surface area (Å²) in [5, 5.41) is 18.8. The van der Waals surface area contributed by atoms with Gasteiger partial charge in [0.25, 0.3) is 5.91 Å². The molecule has 0 unspecified atom stereocenters. The van der Waals surface area contributed by atoms with Gasteiger partial charge < -0.3 is 25.8 Å². The normalized spacial score (nSPS) is 11.0. The van der Waals surface area contributed by atoms with Crippen molar-refractivity contribution in [3.63, 3.8) is 0 Å². The van der Waals surface area contributed by atoms with Crippen molar-refractivity contribution in [1.82, 2.24) is 16.0 Å². The van der Waals surface area contributed by atoms with E-state index in [1.807, 2.05) is 31.2 Å². The Morgan fingerprint density at radius 1 is 1.04 bits per heavy atom. The van der Waals surface area contributed by atoms with Crippen LogP contribution in [-0.4, -0.2) is 50.3 Å². The van der Waals surface area contributed by atoms with Crippen LogP contribution in [0.3, 0.4) is 0 Å². The Hall–Kier alpha value is -3.22. The largest absolute Gasteiger partial charge is 0.507 e. The lowest BCUT2D eigenvalue weighted by Crippen LogP contribution is -2.41. The minimum atomic E-state index is -0.304. The van der Waals surface area contributed by atoms with Crippen molar-refractivity contribution in [2.75, 3.05) is 33.3 Å². The first kappa shape index (κ1) is 21.1. The van der Waals surface area contributed by atoms with Crippen LogP contribution in [0.25, 0.3) is 0 Å². The monoisotopic (exact) mass is 384 g/mol. The number of ether oxygens (including phenoxy) is 1. The minimum Gasteiger partial charge on any atom is -0.507 e. The predicted octanol–water partition coefficient (Wildman–Crippen LogP) is 1.93. The molecule has 0 saturated heterocycles. The molecule has 0 saturated carbocycles. The van der Waals surface area contributed by atoms with E-state index < -0.39 is 0 Å². The molecule has 0 fully saturated rings. The molecular weight excluding hydrogens is 356 g/mol. The Balaban J connectivity index is 1.76. The minimum absolute atomic E-state index is 0.0265. The number of methoxy groups -OCH3 is 1. The summed E-state index contributed by atoms with van der Waals surface area (Å²) in [5.74, 6) is 1.21. The highest BCUT2D eigenvalue weighted by molar-refractivity contribution is 5.96. The first-order chi connectivity index (χ1) is 13.6. The highest BCUT2D eigenvalue weighted by atomic mass is 16.5. The second-order valence-electron chi connectivity index (χ2n) is 6.06. The molecule has 0 aromatic heterocycles. The highest BCUT2D eigenvalue weighted by Gasteiger charge is 2.09. The number of hydrogen-bond donors (Lipinski definition) is 4. The van der Waals surface area contributed by atoms with Gasteiger partial charge in [0.2, 0.25) is 0 Å². The number of nitrogens with one attached hydrogen (secondary N) is 3. The fourth-order valence-electron chi connectivity index (χ4n) is 2.55. The third-order valence-electron chi connectivity index (χ3n) is 4.03. The molecule has 2 aromatic carbocycles. The maximum Gasteiger partial charge on any atom is 0.255 e.